The molecule has 3 rings (SSSR count). The predicted molar refractivity (Wildman–Crippen MR) is 98.8 cm³/mol. The Hall–Kier alpha value is -1.91. The zero-order valence-electron chi connectivity index (χ0n) is 12.9. The highest BCUT2D eigenvalue weighted by Crippen LogP contribution is 1.94. The molecule has 3 aromatic rings. The maximum Gasteiger partial charge on any atom is 0.121 e. The lowest BCUT2D eigenvalue weighted by Gasteiger charge is -2.07. The largest absolute Gasteiger partial charge is 0.121 e. The fraction of sp³-hybridized carbons (Fsp3) is 0.100. The smallest absolute Gasteiger partial charge is 0.0632 e. The quantitative estimate of drug-likeness (QED) is 0.642. The van der Waals surface area contributed by atoms with E-state index in [1.165, 1.54) is 31.9 Å². The van der Waals surface area contributed by atoms with Gasteiger partial charge in [0.15, 0.2) is 0 Å². The summed E-state index contributed by atoms with van der Waals surface area (Å²) >= 11 is 0. The molecule has 0 heterocycles. The maximum atomic E-state index is 2.28. The van der Waals surface area contributed by atoms with Gasteiger partial charge in [0.1, 0.15) is 19.0 Å². The summed E-state index contributed by atoms with van der Waals surface area (Å²) in [6.07, 6.45) is 0. The molecule has 0 spiro atoms. The molecule has 0 N–H and O–H groups in total. The van der Waals surface area contributed by atoms with Crippen LogP contribution < -0.4 is 20.7 Å². The van der Waals surface area contributed by atoms with E-state index in [1.807, 2.05) is 0 Å². The molecule has 0 bridgehead atoms. The summed E-state index contributed by atoms with van der Waals surface area (Å²) in [6, 6.07) is 26.5. The van der Waals surface area contributed by atoms with E-state index in [0.717, 1.165) is 19.0 Å². The second-order valence-electron chi connectivity index (χ2n) is 5.46. The molecular formula is C20H18Si2. The number of benzene rings is 3. The standard InChI is InChI=1S/C20H18Si2/c1-15-7-3-5-9-19(15)21-17-11-13-18(14-12-17)22-20-10-6-4-8-16(20)2/h3-14H,1-2H3. The third-order valence-corrected chi connectivity index (χ3v) is 6.64. The van der Waals surface area contributed by atoms with Gasteiger partial charge in [-0.3, -0.25) is 0 Å². The summed E-state index contributed by atoms with van der Waals surface area (Å²) in [7, 11) is 1.48. The molecule has 0 aliphatic carbocycles. The lowest BCUT2D eigenvalue weighted by atomic mass is 10.2. The number of hydrogen-bond donors (Lipinski definition) is 0. The minimum atomic E-state index is 0.741. The molecule has 0 atom stereocenters. The van der Waals surface area contributed by atoms with Crippen molar-refractivity contribution in [3.8, 4) is 0 Å². The predicted octanol–water partition coefficient (Wildman–Crippen LogP) is 1.61. The zero-order chi connectivity index (χ0) is 15.4. The molecule has 3 aromatic carbocycles. The average molecular weight is 315 g/mol. The van der Waals surface area contributed by atoms with Crippen molar-refractivity contribution >= 4 is 39.8 Å². The Bertz CT molecular complexity index is 694. The average Bonchev–Trinajstić information content (AvgIpc) is 2.54. The van der Waals surface area contributed by atoms with E-state index in [1.54, 1.807) is 0 Å². The summed E-state index contributed by atoms with van der Waals surface area (Å²) in [5, 5.41) is 5.70. The van der Waals surface area contributed by atoms with Crippen molar-refractivity contribution in [1.29, 1.82) is 0 Å². The first-order valence-corrected chi connectivity index (χ1v) is 9.48. The van der Waals surface area contributed by atoms with Crippen LogP contribution in [0.25, 0.3) is 0 Å². The highest BCUT2D eigenvalue weighted by molar-refractivity contribution is 6.69. The van der Waals surface area contributed by atoms with Gasteiger partial charge in [0, 0.05) is 0 Å². The second kappa shape index (κ2) is 6.90. The third-order valence-electron chi connectivity index (χ3n) is 3.73. The van der Waals surface area contributed by atoms with E-state index >= 15 is 0 Å². The van der Waals surface area contributed by atoms with Crippen LogP contribution in [-0.2, 0) is 0 Å². The molecule has 106 valence electrons. The first-order valence-electron chi connectivity index (χ1n) is 7.48. The second-order valence-corrected chi connectivity index (χ2v) is 8.19. The molecule has 22 heavy (non-hydrogen) atoms. The van der Waals surface area contributed by atoms with Gasteiger partial charge in [0.2, 0.25) is 0 Å². The normalized spacial score (nSPS) is 10.6. The number of hydrogen-bond acceptors (Lipinski definition) is 0. The van der Waals surface area contributed by atoms with Gasteiger partial charge in [-0.05, 0) is 13.8 Å². The van der Waals surface area contributed by atoms with Crippen LogP contribution in [0.1, 0.15) is 11.1 Å². The van der Waals surface area contributed by atoms with Crippen molar-refractivity contribution < 1.29 is 0 Å². The van der Waals surface area contributed by atoms with Crippen LogP contribution >= 0.6 is 0 Å². The van der Waals surface area contributed by atoms with Gasteiger partial charge in [-0.15, -0.1) is 0 Å². The molecule has 0 saturated carbocycles. The zero-order valence-corrected chi connectivity index (χ0v) is 14.9. The maximum absolute atomic E-state index is 2.28. The molecule has 0 saturated heterocycles. The van der Waals surface area contributed by atoms with Crippen molar-refractivity contribution in [3.63, 3.8) is 0 Å². The molecule has 0 aliphatic heterocycles. The first-order chi connectivity index (χ1) is 10.7. The van der Waals surface area contributed by atoms with Gasteiger partial charge < -0.3 is 0 Å². The van der Waals surface area contributed by atoms with Crippen LogP contribution in [0.5, 0.6) is 0 Å². The molecule has 0 fully saturated rings. The van der Waals surface area contributed by atoms with E-state index in [2.05, 4.69) is 86.6 Å². The summed E-state index contributed by atoms with van der Waals surface area (Å²) in [4.78, 5) is 0. The van der Waals surface area contributed by atoms with Gasteiger partial charge in [0.05, 0.1) is 0 Å². The minimum absolute atomic E-state index is 0.741. The fourth-order valence-corrected chi connectivity index (χ4v) is 4.58. The summed E-state index contributed by atoms with van der Waals surface area (Å²) in [5.41, 5.74) is 2.76. The van der Waals surface area contributed by atoms with Crippen molar-refractivity contribution in [1.82, 2.24) is 0 Å². The Morgan fingerprint density at radius 1 is 0.500 bits per heavy atom. The lowest BCUT2D eigenvalue weighted by molar-refractivity contribution is 1.51. The van der Waals surface area contributed by atoms with Crippen LogP contribution in [0.15, 0.2) is 72.8 Å². The van der Waals surface area contributed by atoms with Crippen molar-refractivity contribution in [3.05, 3.63) is 83.9 Å². The highest BCUT2D eigenvalue weighted by atomic mass is 28.2. The SMILES string of the molecule is Cc1ccccc1[Si]c1ccc([Si]c2ccccc2C)cc1. The van der Waals surface area contributed by atoms with Crippen molar-refractivity contribution in [2.45, 2.75) is 13.8 Å². The minimum Gasteiger partial charge on any atom is -0.0632 e. The highest BCUT2D eigenvalue weighted by Gasteiger charge is 2.04. The topological polar surface area (TPSA) is 0 Å². The van der Waals surface area contributed by atoms with Crippen LogP contribution in [0.4, 0.5) is 0 Å². The van der Waals surface area contributed by atoms with Gasteiger partial charge in [0.25, 0.3) is 0 Å². The lowest BCUT2D eigenvalue weighted by Crippen LogP contribution is -2.32. The Kier molecular flexibility index (Phi) is 4.71. The Morgan fingerprint density at radius 3 is 1.23 bits per heavy atom. The third kappa shape index (κ3) is 3.64. The molecule has 0 aromatic heterocycles. The van der Waals surface area contributed by atoms with Gasteiger partial charge in [-0.25, -0.2) is 0 Å². The first kappa shape index (κ1) is 15.0. The monoisotopic (exact) mass is 314 g/mol. The number of rotatable bonds is 4. The van der Waals surface area contributed by atoms with Crippen LogP contribution in [0, 0.1) is 13.8 Å². The van der Waals surface area contributed by atoms with Crippen LogP contribution in [0.3, 0.4) is 0 Å². The van der Waals surface area contributed by atoms with E-state index in [4.69, 9.17) is 0 Å². The van der Waals surface area contributed by atoms with E-state index < -0.39 is 0 Å². The molecule has 0 unspecified atom stereocenters. The molecular weight excluding hydrogens is 296 g/mol. The van der Waals surface area contributed by atoms with Crippen LogP contribution in [-0.4, -0.2) is 19.0 Å². The van der Waals surface area contributed by atoms with Crippen LogP contribution in [0.2, 0.25) is 0 Å². The molecule has 0 nitrogen and oxygen atoms in total. The number of aryl methyl sites for hydroxylation is 2. The fourth-order valence-electron chi connectivity index (χ4n) is 2.37. The van der Waals surface area contributed by atoms with E-state index in [-0.39, 0.29) is 0 Å². The Labute approximate surface area is 137 Å². The molecule has 4 radical (unpaired) electrons. The Morgan fingerprint density at radius 2 is 0.864 bits per heavy atom. The molecule has 0 amide bonds. The van der Waals surface area contributed by atoms with Crippen molar-refractivity contribution in [2.24, 2.45) is 0 Å². The van der Waals surface area contributed by atoms with E-state index in [9.17, 15) is 0 Å². The molecule has 0 aliphatic rings. The van der Waals surface area contributed by atoms with E-state index in [0.29, 0.717) is 0 Å². The van der Waals surface area contributed by atoms with Gasteiger partial charge >= 0.3 is 0 Å². The summed E-state index contributed by atoms with van der Waals surface area (Å²) in [6.45, 7) is 4.38. The molecule has 2 heteroatoms. The summed E-state index contributed by atoms with van der Waals surface area (Å²) in [5.74, 6) is 0. The van der Waals surface area contributed by atoms with Crippen molar-refractivity contribution in [2.75, 3.05) is 0 Å². The Balaban J connectivity index is 1.73. The van der Waals surface area contributed by atoms with Gasteiger partial charge in [-0.2, -0.15) is 0 Å². The van der Waals surface area contributed by atoms with Gasteiger partial charge in [-0.1, -0.05) is 105 Å². The summed E-state index contributed by atoms with van der Waals surface area (Å²) < 4.78 is 0.